The Labute approximate surface area is 130 Å². The van der Waals surface area contributed by atoms with Gasteiger partial charge in [0.1, 0.15) is 12.3 Å². The standard InChI is InChI=1S/C17H22N2O3/c1-21-9-10-22-17-15(3-2-8-18-17)19-16(20)11-14(12-4-5-12)13-6-7-13/h2-3,8,11-13H,4-7,9-10H2,1H3,(H,19,20). The minimum Gasteiger partial charge on any atom is -0.474 e. The van der Waals surface area contributed by atoms with Gasteiger partial charge in [0.2, 0.25) is 11.8 Å². The van der Waals surface area contributed by atoms with Crippen molar-refractivity contribution in [1.82, 2.24) is 4.98 Å². The average molecular weight is 302 g/mol. The summed E-state index contributed by atoms with van der Waals surface area (Å²) in [5, 5.41) is 2.89. The Balaban J connectivity index is 1.64. The first kappa shape index (κ1) is 15.0. The number of nitrogens with zero attached hydrogens (tertiary/aromatic N) is 1. The summed E-state index contributed by atoms with van der Waals surface area (Å²) in [6.07, 6.45) is 8.36. The lowest BCUT2D eigenvalue weighted by atomic mass is 10.1. The van der Waals surface area contributed by atoms with Crippen molar-refractivity contribution < 1.29 is 14.3 Å². The molecule has 2 aliphatic rings. The van der Waals surface area contributed by atoms with Gasteiger partial charge < -0.3 is 14.8 Å². The van der Waals surface area contributed by atoms with Crippen LogP contribution in [0.5, 0.6) is 5.88 Å². The summed E-state index contributed by atoms with van der Waals surface area (Å²) in [4.78, 5) is 16.4. The molecule has 3 rings (SSSR count). The molecule has 1 aromatic rings. The van der Waals surface area contributed by atoms with E-state index in [4.69, 9.17) is 9.47 Å². The molecule has 5 heteroatoms. The van der Waals surface area contributed by atoms with E-state index >= 15 is 0 Å². The highest BCUT2D eigenvalue weighted by molar-refractivity contribution is 6.00. The molecular weight excluding hydrogens is 280 g/mol. The minimum absolute atomic E-state index is 0.0848. The van der Waals surface area contributed by atoms with E-state index in [0.29, 0.717) is 36.6 Å². The molecule has 22 heavy (non-hydrogen) atoms. The van der Waals surface area contributed by atoms with E-state index in [9.17, 15) is 4.79 Å². The Morgan fingerprint density at radius 2 is 2.05 bits per heavy atom. The number of hydrogen-bond donors (Lipinski definition) is 1. The van der Waals surface area contributed by atoms with Crippen LogP contribution in [0, 0.1) is 11.8 Å². The van der Waals surface area contributed by atoms with Crippen molar-refractivity contribution in [2.75, 3.05) is 25.6 Å². The zero-order valence-corrected chi connectivity index (χ0v) is 12.9. The number of pyridine rings is 1. The summed E-state index contributed by atoms with van der Waals surface area (Å²) in [6.45, 7) is 0.888. The molecule has 0 saturated heterocycles. The first-order chi connectivity index (χ1) is 10.8. The van der Waals surface area contributed by atoms with E-state index in [0.717, 1.165) is 0 Å². The van der Waals surface area contributed by atoms with E-state index in [2.05, 4.69) is 10.3 Å². The van der Waals surface area contributed by atoms with Gasteiger partial charge in [-0.1, -0.05) is 5.57 Å². The zero-order chi connectivity index (χ0) is 15.4. The van der Waals surface area contributed by atoms with Crippen LogP contribution >= 0.6 is 0 Å². The second-order valence-corrected chi connectivity index (χ2v) is 5.88. The maximum absolute atomic E-state index is 12.3. The van der Waals surface area contributed by atoms with Crippen LogP contribution in [0.25, 0.3) is 0 Å². The number of amides is 1. The maximum atomic E-state index is 12.3. The van der Waals surface area contributed by atoms with Crippen molar-refractivity contribution in [2.24, 2.45) is 11.8 Å². The molecule has 5 nitrogen and oxygen atoms in total. The van der Waals surface area contributed by atoms with E-state index in [-0.39, 0.29) is 5.91 Å². The lowest BCUT2D eigenvalue weighted by Gasteiger charge is -2.10. The Hall–Kier alpha value is -1.88. The number of carbonyl (C=O) groups excluding carboxylic acids is 1. The molecule has 1 amide bonds. The predicted molar refractivity (Wildman–Crippen MR) is 83.8 cm³/mol. The minimum atomic E-state index is -0.0848. The fraction of sp³-hybridized carbons (Fsp3) is 0.529. The first-order valence-corrected chi connectivity index (χ1v) is 7.87. The fourth-order valence-corrected chi connectivity index (χ4v) is 2.55. The normalized spacial score (nSPS) is 17.0. The first-order valence-electron chi connectivity index (χ1n) is 7.87. The molecule has 0 spiro atoms. The number of carbonyl (C=O) groups is 1. The van der Waals surface area contributed by atoms with Crippen LogP contribution in [-0.4, -0.2) is 31.2 Å². The van der Waals surface area contributed by atoms with Crippen molar-refractivity contribution in [3.63, 3.8) is 0 Å². The maximum Gasteiger partial charge on any atom is 0.248 e. The third kappa shape index (κ3) is 4.07. The second-order valence-electron chi connectivity index (χ2n) is 5.88. The molecular formula is C17H22N2O3. The van der Waals surface area contributed by atoms with Gasteiger partial charge in [0, 0.05) is 19.4 Å². The fourth-order valence-electron chi connectivity index (χ4n) is 2.55. The van der Waals surface area contributed by atoms with Crippen molar-refractivity contribution in [3.05, 3.63) is 30.0 Å². The third-order valence-electron chi connectivity index (χ3n) is 3.95. The van der Waals surface area contributed by atoms with Crippen molar-refractivity contribution >= 4 is 11.6 Å². The summed E-state index contributed by atoms with van der Waals surface area (Å²) >= 11 is 0. The van der Waals surface area contributed by atoms with E-state index in [1.165, 1.54) is 31.3 Å². The molecule has 1 heterocycles. The molecule has 118 valence electrons. The number of ether oxygens (including phenoxy) is 2. The Bertz CT molecular complexity index is 549. The Kier molecular flexibility index (Phi) is 4.73. The number of methoxy groups -OCH3 is 1. The van der Waals surface area contributed by atoms with Crippen LogP contribution in [0.2, 0.25) is 0 Å². The van der Waals surface area contributed by atoms with Gasteiger partial charge in [0.05, 0.1) is 6.61 Å². The number of nitrogens with one attached hydrogen (secondary N) is 1. The smallest absolute Gasteiger partial charge is 0.248 e. The predicted octanol–water partition coefficient (Wildman–Crippen LogP) is 2.79. The topological polar surface area (TPSA) is 60.5 Å². The summed E-state index contributed by atoms with van der Waals surface area (Å²) in [7, 11) is 1.62. The number of hydrogen-bond acceptors (Lipinski definition) is 4. The Morgan fingerprint density at radius 3 is 2.68 bits per heavy atom. The van der Waals surface area contributed by atoms with Gasteiger partial charge in [-0.15, -0.1) is 0 Å². The van der Waals surface area contributed by atoms with E-state index in [1.807, 2.05) is 0 Å². The number of allylic oxidation sites excluding steroid dienone is 1. The Morgan fingerprint density at radius 1 is 1.32 bits per heavy atom. The number of anilines is 1. The summed E-state index contributed by atoms with van der Waals surface area (Å²) in [5.41, 5.74) is 1.94. The summed E-state index contributed by atoms with van der Waals surface area (Å²) < 4.78 is 10.5. The molecule has 0 radical (unpaired) electrons. The van der Waals surface area contributed by atoms with Crippen molar-refractivity contribution in [3.8, 4) is 5.88 Å². The van der Waals surface area contributed by atoms with Crippen LogP contribution in [0.15, 0.2) is 30.0 Å². The van der Waals surface area contributed by atoms with Crippen LogP contribution in [-0.2, 0) is 9.53 Å². The molecule has 2 saturated carbocycles. The lowest BCUT2D eigenvalue weighted by molar-refractivity contribution is -0.112. The summed E-state index contributed by atoms with van der Waals surface area (Å²) in [5.74, 6) is 1.63. The van der Waals surface area contributed by atoms with Gasteiger partial charge in [-0.2, -0.15) is 0 Å². The third-order valence-corrected chi connectivity index (χ3v) is 3.95. The number of aromatic nitrogens is 1. The van der Waals surface area contributed by atoms with Crippen LogP contribution in [0.3, 0.4) is 0 Å². The van der Waals surface area contributed by atoms with E-state index < -0.39 is 0 Å². The van der Waals surface area contributed by atoms with Gasteiger partial charge in [-0.25, -0.2) is 4.98 Å². The molecule has 1 aromatic heterocycles. The molecule has 1 N–H and O–H groups in total. The summed E-state index contributed by atoms with van der Waals surface area (Å²) in [6, 6.07) is 3.58. The van der Waals surface area contributed by atoms with Gasteiger partial charge in [-0.05, 0) is 49.7 Å². The number of rotatable bonds is 8. The average Bonchev–Trinajstić information content (AvgIpc) is 3.40. The molecule has 0 aromatic carbocycles. The van der Waals surface area contributed by atoms with Crippen LogP contribution in [0.1, 0.15) is 25.7 Å². The SMILES string of the molecule is COCCOc1ncccc1NC(=O)C=C(C1CC1)C1CC1. The zero-order valence-electron chi connectivity index (χ0n) is 12.9. The molecule has 2 fully saturated rings. The largest absolute Gasteiger partial charge is 0.474 e. The van der Waals surface area contributed by atoms with Crippen LogP contribution in [0.4, 0.5) is 5.69 Å². The highest BCUT2D eigenvalue weighted by Gasteiger charge is 2.36. The lowest BCUT2D eigenvalue weighted by Crippen LogP contribution is -2.13. The van der Waals surface area contributed by atoms with Gasteiger partial charge >= 0.3 is 0 Å². The molecule has 0 unspecified atom stereocenters. The van der Waals surface area contributed by atoms with Gasteiger partial charge in [0.15, 0.2) is 0 Å². The molecule has 0 atom stereocenters. The van der Waals surface area contributed by atoms with Crippen molar-refractivity contribution in [2.45, 2.75) is 25.7 Å². The van der Waals surface area contributed by atoms with E-state index in [1.54, 1.807) is 31.5 Å². The molecule has 0 bridgehead atoms. The monoisotopic (exact) mass is 302 g/mol. The highest BCUT2D eigenvalue weighted by atomic mass is 16.5. The highest BCUT2D eigenvalue weighted by Crippen LogP contribution is 2.48. The molecule has 2 aliphatic carbocycles. The molecule has 0 aliphatic heterocycles. The van der Waals surface area contributed by atoms with Crippen molar-refractivity contribution in [1.29, 1.82) is 0 Å². The van der Waals surface area contributed by atoms with Crippen LogP contribution < -0.4 is 10.1 Å². The quantitative estimate of drug-likeness (QED) is 0.592. The van der Waals surface area contributed by atoms with Gasteiger partial charge in [-0.3, -0.25) is 4.79 Å². The second kappa shape index (κ2) is 6.92. The van der Waals surface area contributed by atoms with Gasteiger partial charge in [0.25, 0.3) is 0 Å².